The summed E-state index contributed by atoms with van der Waals surface area (Å²) in [7, 11) is -3.20. The highest BCUT2D eigenvalue weighted by Crippen LogP contribution is 2.32. The number of piperazine rings is 1. The smallest absolute Gasteiger partial charge is 0.241 e. The Morgan fingerprint density at radius 1 is 1.26 bits per heavy atom. The van der Waals surface area contributed by atoms with Crippen LogP contribution >= 0.6 is 11.6 Å². The summed E-state index contributed by atoms with van der Waals surface area (Å²) in [6.07, 6.45) is 5.49. The number of carbonyl (C=O) groups is 1. The fourth-order valence-electron chi connectivity index (χ4n) is 4.45. The monoisotopic (exact) mass is 511 g/mol. The maximum Gasteiger partial charge on any atom is 0.241 e. The number of rotatable bonds is 8. The molecule has 2 atom stereocenters. The van der Waals surface area contributed by atoms with E-state index in [0.717, 1.165) is 11.3 Å². The molecular weight excluding hydrogens is 486 g/mol. The molecule has 0 bridgehead atoms. The largest absolute Gasteiger partial charge is 0.347 e. The van der Waals surface area contributed by atoms with E-state index in [-0.39, 0.29) is 30.3 Å². The summed E-state index contributed by atoms with van der Waals surface area (Å²) in [6, 6.07) is 16.1. The Morgan fingerprint density at radius 2 is 2.03 bits per heavy atom. The molecule has 10 heteroatoms. The Bertz CT molecular complexity index is 1320. The van der Waals surface area contributed by atoms with Gasteiger partial charge in [0.05, 0.1) is 42.0 Å². The molecule has 35 heavy (non-hydrogen) atoms. The van der Waals surface area contributed by atoms with Crippen LogP contribution in [0.1, 0.15) is 29.3 Å². The molecule has 1 saturated heterocycles. The molecule has 1 aliphatic rings. The average molecular weight is 512 g/mol. The van der Waals surface area contributed by atoms with Gasteiger partial charge in [-0.1, -0.05) is 29.8 Å². The second-order valence-corrected chi connectivity index (χ2v) is 11.5. The third kappa shape index (κ3) is 6.28. The van der Waals surface area contributed by atoms with Crippen LogP contribution in [0.2, 0.25) is 5.02 Å². The third-order valence-electron chi connectivity index (χ3n) is 6.21. The number of anilines is 1. The minimum atomic E-state index is -3.20. The van der Waals surface area contributed by atoms with Crippen LogP contribution in [0.3, 0.4) is 0 Å². The number of hydrogen-bond donors (Lipinski definition) is 1. The lowest BCUT2D eigenvalue weighted by atomic mass is 9.97. The minimum Gasteiger partial charge on any atom is -0.347 e. The van der Waals surface area contributed by atoms with Crippen LogP contribution in [0, 0.1) is 11.3 Å². The van der Waals surface area contributed by atoms with Crippen molar-refractivity contribution in [1.82, 2.24) is 14.9 Å². The Labute approximate surface area is 210 Å². The molecule has 0 aliphatic carbocycles. The van der Waals surface area contributed by atoms with Crippen LogP contribution in [0.25, 0.3) is 0 Å². The predicted octanol–water partition coefficient (Wildman–Crippen LogP) is 3.37. The summed E-state index contributed by atoms with van der Waals surface area (Å²) in [5, 5.41) is 9.65. The third-order valence-corrected chi connectivity index (χ3v) is 7.43. The number of carbonyl (C=O) groups excluding carboxylic acids is 1. The van der Waals surface area contributed by atoms with Crippen LogP contribution < -0.4 is 4.90 Å². The number of H-pyrrole nitrogens is 1. The van der Waals surface area contributed by atoms with Crippen LogP contribution in [0.5, 0.6) is 0 Å². The SMILES string of the molecule is CS(=O)(=O)CC[C@H]1CN(c2cccc(Cl)c2)C(=O)CN1C(Cc1ccc(C#N)cc1)c1cnc[nH]1. The van der Waals surface area contributed by atoms with Gasteiger partial charge in [-0.15, -0.1) is 0 Å². The van der Waals surface area contributed by atoms with E-state index < -0.39 is 9.84 Å². The lowest BCUT2D eigenvalue weighted by Crippen LogP contribution is -2.58. The zero-order valence-electron chi connectivity index (χ0n) is 19.3. The van der Waals surface area contributed by atoms with Crippen molar-refractivity contribution >= 4 is 33.0 Å². The Kier molecular flexibility index (Phi) is 7.55. The molecule has 1 unspecified atom stereocenters. The van der Waals surface area contributed by atoms with Gasteiger partial charge in [-0.2, -0.15) is 5.26 Å². The molecule has 4 rings (SSSR count). The first-order valence-corrected chi connectivity index (χ1v) is 13.6. The van der Waals surface area contributed by atoms with Gasteiger partial charge in [0.25, 0.3) is 0 Å². The molecule has 1 aromatic heterocycles. The molecule has 1 fully saturated rings. The lowest BCUT2D eigenvalue weighted by molar-refractivity contribution is -0.123. The standard InChI is InChI=1S/C25H26ClN5O3S/c1-35(33,34)10-9-22-15-31(21-4-2-3-20(26)12-21)25(32)16-30(22)24(23-14-28-17-29-23)11-18-5-7-19(13-27)8-6-18/h2-8,12,14,17,22,24H,9-11,15-16H2,1H3,(H,28,29)/t22-,24?/m0/s1. The Hall–Kier alpha value is -3.19. The van der Waals surface area contributed by atoms with Gasteiger partial charge in [0.15, 0.2) is 0 Å². The quantitative estimate of drug-likeness (QED) is 0.496. The maximum absolute atomic E-state index is 13.3. The number of halogens is 1. The summed E-state index contributed by atoms with van der Waals surface area (Å²) in [5.74, 6) is -0.0783. The van der Waals surface area contributed by atoms with E-state index in [9.17, 15) is 13.2 Å². The zero-order valence-corrected chi connectivity index (χ0v) is 20.8. The van der Waals surface area contributed by atoms with E-state index in [1.54, 1.807) is 47.8 Å². The minimum absolute atomic E-state index is 0.0122. The highest BCUT2D eigenvalue weighted by Gasteiger charge is 2.38. The molecule has 2 heterocycles. The molecule has 1 amide bonds. The van der Waals surface area contributed by atoms with Crippen molar-refractivity contribution in [2.45, 2.75) is 24.9 Å². The molecule has 3 aromatic rings. The van der Waals surface area contributed by atoms with E-state index in [1.807, 2.05) is 18.2 Å². The molecule has 0 radical (unpaired) electrons. The number of benzene rings is 2. The average Bonchev–Trinajstić information content (AvgIpc) is 3.36. The van der Waals surface area contributed by atoms with Gasteiger partial charge in [0.1, 0.15) is 9.84 Å². The molecule has 182 valence electrons. The second kappa shape index (κ2) is 10.6. The summed E-state index contributed by atoms with van der Waals surface area (Å²) < 4.78 is 24.1. The van der Waals surface area contributed by atoms with E-state index in [4.69, 9.17) is 16.9 Å². The number of hydrogen-bond acceptors (Lipinski definition) is 6. The first kappa shape index (κ1) is 24.9. The number of nitrogens with one attached hydrogen (secondary N) is 1. The van der Waals surface area contributed by atoms with Gasteiger partial charge in [-0.05, 0) is 48.7 Å². The summed E-state index contributed by atoms with van der Waals surface area (Å²) >= 11 is 6.17. The van der Waals surface area contributed by atoms with E-state index >= 15 is 0 Å². The number of amides is 1. The second-order valence-electron chi connectivity index (χ2n) is 8.76. The fraction of sp³-hybridized carbons (Fsp3) is 0.320. The molecular formula is C25H26ClN5O3S. The Balaban J connectivity index is 1.67. The highest BCUT2D eigenvalue weighted by atomic mass is 35.5. The van der Waals surface area contributed by atoms with E-state index in [2.05, 4.69) is 20.9 Å². The topological polar surface area (TPSA) is 110 Å². The normalized spacial score (nSPS) is 17.8. The van der Waals surface area contributed by atoms with Crippen LogP contribution in [-0.2, 0) is 21.1 Å². The first-order chi connectivity index (χ1) is 16.7. The Morgan fingerprint density at radius 3 is 2.66 bits per heavy atom. The van der Waals surface area contributed by atoms with Crippen LogP contribution in [0.4, 0.5) is 5.69 Å². The molecule has 0 spiro atoms. The highest BCUT2D eigenvalue weighted by molar-refractivity contribution is 7.90. The van der Waals surface area contributed by atoms with Crippen LogP contribution in [-0.4, -0.2) is 60.3 Å². The molecule has 2 aromatic carbocycles. The molecule has 1 aliphatic heterocycles. The fourth-order valence-corrected chi connectivity index (χ4v) is 5.33. The van der Waals surface area contributed by atoms with Crippen molar-refractivity contribution in [3.05, 3.63) is 82.9 Å². The number of nitriles is 1. The van der Waals surface area contributed by atoms with Gasteiger partial charge in [-0.3, -0.25) is 9.69 Å². The number of imidazole rings is 1. The lowest BCUT2D eigenvalue weighted by Gasteiger charge is -2.44. The van der Waals surface area contributed by atoms with Gasteiger partial charge < -0.3 is 9.88 Å². The van der Waals surface area contributed by atoms with E-state index in [0.29, 0.717) is 35.7 Å². The van der Waals surface area contributed by atoms with E-state index in [1.165, 1.54) is 6.26 Å². The zero-order chi connectivity index (χ0) is 25.0. The summed E-state index contributed by atoms with van der Waals surface area (Å²) in [6.45, 7) is 0.452. The van der Waals surface area contributed by atoms with Crippen molar-refractivity contribution in [1.29, 1.82) is 5.26 Å². The first-order valence-electron chi connectivity index (χ1n) is 11.2. The van der Waals surface area contributed by atoms with Gasteiger partial charge in [0.2, 0.25) is 5.91 Å². The van der Waals surface area contributed by atoms with Crippen molar-refractivity contribution < 1.29 is 13.2 Å². The number of aromatic amines is 1. The maximum atomic E-state index is 13.3. The number of sulfone groups is 1. The van der Waals surface area contributed by atoms with Gasteiger partial charge >= 0.3 is 0 Å². The van der Waals surface area contributed by atoms with Gasteiger partial charge in [0, 0.05) is 35.7 Å². The van der Waals surface area contributed by atoms with Crippen LogP contribution in [0.15, 0.2) is 61.1 Å². The van der Waals surface area contributed by atoms with Crippen molar-refractivity contribution in [2.75, 3.05) is 30.0 Å². The predicted molar refractivity (Wildman–Crippen MR) is 135 cm³/mol. The van der Waals surface area contributed by atoms with Crippen molar-refractivity contribution in [2.24, 2.45) is 0 Å². The molecule has 1 N–H and O–H groups in total. The summed E-state index contributed by atoms with van der Waals surface area (Å²) in [5.41, 5.74) is 3.10. The van der Waals surface area contributed by atoms with Crippen molar-refractivity contribution in [3.8, 4) is 6.07 Å². The number of aromatic nitrogens is 2. The number of nitrogens with zero attached hydrogens (tertiary/aromatic N) is 4. The van der Waals surface area contributed by atoms with Gasteiger partial charge in [-0.25, -0.2) is 13.4 Å². The molecule has 0 saturated carbocycles. The molecule has 8 nitrogen and oxygen atoms in total. The summed E-state index contributed by atoms with van der Waals surface area (Å²) in [4.78, 5) is 24.4. The van der Waals surface area contributed by atoms with Crippen molar-refractivity contribution in [3.63, 3.8) is 0 Å².